The predicted molar refractivity (Wildman–Crippen MR) is 68.9 cm³/mol. The molecule has 0 radical (unpaired) electrons. The highest BCUT2D eigenvalue weighted by molar-refractivity contribution is 5.95. The fourth-order valence-corrected chi connectivity index (χ4v) is 1.90. The molecule has 1 aromatic carbocycles. The molecule has 1 aliphatic carbocycles. The van der Waals surface area contributed by atoms with Gasteiger partial charge in [0.15, 0.2) is 11.5 Å². The van der Waals surface area contributed by atoms with E-state index in [1.165, 1.54) is 12.1 Å². The molecule has 1 aromatic rings. The summed E-state index contributed by atoms with van der Waals surface area (Å²) >= 11 is 0. The summed E-state index contributed by atoms with van der Waals surface area (Å²) in [6, 6.07) is 3.06. The van der Waals surface area contributed by atoms with Crippen molar-refractivity contribution in [3.8, 4) is 11.5 Å². The smallest absolute Gasteiger partial charge is 0.296 e. The van der Waals surface area contributed by atoms with Gasteiger partial charge in [-0.1, -0.05) is 0 Å². The van der Waals surface area contributed by atoms with Crippen LogP contribution in [0.3, 0.4) is 0 Å². The summed E-state index contributed by atoms with van der Waals surface area (Å²) in [5.41, 5.74) is -0.101. The van der Waals surface area contributed by atoms with Gasteiger partial charge in [0.1, 0.15) is 5.69 Å². The Hall–Kier alpha value is -2.35. The first kappa shape index (κ1) is 12.7. The van der Waals surface area contributed by atoms with Crippen LogP contribution in [0, 0.1) is 10.1 Å². The molecule has 0 spiro atoms. The van der Waals surface area contributed by atoms with E-state index in [4.69, 9.17) is 9.47 Å². The van der Waals surface area contributed by atoms with Crippen LogP contribution in [0.5, 0.6) is 11.5 Å². The van der Waals surface area contributed by atoms with Gasteiger partial charge in [0, 0.05) is 12.1 Å². The highest BCUT2D eigenvalue weighted by Gasteiger charge is 2.25. The lowest BCUT2D eigenvalue weighted by molar-refractivity contribution is -0.384. The molecule has 0 atom stereocenters. The molecule has 106 valence electrons. The minimum atomic E-state index is -0.564. The van der Waals surface area contributed by atoms with Crippen LogP contribution in [0.15, 0.2) is 12.1 Å². The molecule has 8 nitrogen and oxygen atoms in total. The number of hydrogen-bond donors (Lipinski definition) is 2. The van der Waals surface area contributed by atoms with Crippen LogP contribution in [-0.4, -0.2) is 30.2 Å². The van der Waals surface area contributed by atoms with Crippen LogP contribution in [0.4, 0.5) is 11.4 Å². The van der Waals surface area contributed by atoms with E-state index in [1.54, 1.807) is 0 Å². The minimum absolute atomic E-state index is 0.0210. The van der Waals surface area contributed by atoms with Gasteiger partial charge in [0.05, 0.1) is 17.5 Å². The number of nitro benzene ring substituents is 1. The maximum Gasteiger partial charge on any atom is 0.296 e. The molecule has 3 rings (SSSR count). The average molecular weight is 279 g/mol. The first-order valence-electron chi connectivity index (χ1n) is 6.25. The molecule has 1 fully saturated rings. The molecule has 2 aliphatic rings. The van der Waals surface area contributed by atoms with Gasteiger partial charge in [-0.25, -0.2) is 0 Å². The van der Waals surface area contributed by atoms with Gasteiger partial charge in [-0.2, -0.15) is 0 Å². The van der Waals surface area contributed by atoms with Crippen LogP contribution in [0.2, 0.25) is 0 Å². The van der Waals surface area contributed by atoms with Crippen LogP contribution in [0.25, 0.3) is 0 Å². The van der Waals surface area contributed by atoms with Crippen molar-refractivity contribution >= 4 is 17.3 Å². The van der Waals surface area contributed by atoms with Crippen molar-refractivity contribution in [3.05, 3.63) is 22.2 Å². The first-order chi connectivity index (χ1) is 9.63. The van der Waals surface area contributed by atoms with E-state index in [0.717, 1.165) is 12.8 Å². The summed E-state index contributed by atoms with van der Waals surface area (Å²) in [6.45, 7) is 0.156. The predicted octanol–water partition coefficient (Wildman–Crippen LogP) is 1.01. The number of rotatable bonds is 5. The van der Waals surface area contributed by atoms with E-state index >= 15 is 0 Å². The quantitative estimate of drug-likeness (QED) is 0.616. The van der Waals surface area contributed by atoms with Gasteiger partial charge in [-0.3, -0.25) is 14.9 Å². The molecule has 1 aliphatic heterocycles. The van der Waals surface area contributed by atoms with Gasteiger partial charge in [-0.15, -0.1) is 0 Å². The fraction of sp³-hybridized carbons (Fsp3) is 0.417. The van der Waals surface area contributed by atoms with E-state index < -0.39 is 4.92 Å². The number of benzene rings is 1. The number of nitro groups is 1. The summed E-state index contributed by atoms with van der Waals surface area (Å²) in [5.74, 6) is 0.380. The van der Waals surface area contributed by atoms with Crippen LogP contribution >= 0.6 is 0 Å². The lowest BCUT2D eigenvalue weighted by Crippen LogP contribution is -2.29. The van der Waals surface area contributed by atoms with E-state index in [1.807, 2.05) is 0 Å². The molecule has 8 heteroatoms. The van der Waals surface area contributed by atoms with Crippen molar-refractivity contribution in [1.29, 1.82) is 0 Å². The molecule has 0 unspecified atom stereocenters. The Bertz CT molecular complexity index is 570. The maximum atomic E-state index is 11.8. The Labute approximate surface area is 114 Å². The second kappa shape index (κ2) is 4.97. The lowest BCUT2D eigenvalue weighted by atomic mass is 10.2. The van der Waals surface area contributed by atoms with Gasteiger partial charge >= 0.3 is 0 Å². The van der Waals surface area contributed by atoms with Gasteiger partial charge in [-0.05, 0) is 12.8 Å². The normalized spacial score (nSPS) is 16.0. The maximum absolute atomic E-state index is 11.8. The number of anilines is 1. The van der Waals surface area contributed by atoms with Crippen molar-refractivity contribution in [1.82, 2.24) is 5.32 Å². The summed E-state index contributed by atoms with van der Waals surface area (Å²) in [6.07, 6.45) is 2.13. The number of nitrogens with zero attached hydrogens (tertiary/aromatic N) is 1. The number of ether oxygens (including phenoxy) is 2. The topological polar surface area (TPSA) is 103 Å². The molecule has 0 saturated heterocycles. The summed E-state index contributed by atoms with van der Waals surface area (Å²) < 4.78 is 10.2. The summed E-state index contributed by atoms with van der Waals surface area (Å²) in [4.78, 5) is 22.2. The van der Waals surface area contributed by atoms with Crippen LogP contribution in [0.1, 0.15) is 12.8 Å². The highest BCUT2D eigenvalue weighted by Crippen LogP contribution is 2.40. The van der Waals surface area contributed by atoms with Gasteiger partial charge in [0.2, 0.25) is 12.7 Å². The number of amides is 1. The molecule has 1 heterocycles. The number of nitrogens with one attached hydrogen (secondary N) is 2. The van der Waals surface area contributed by atoms with Crippen LogP contribution in [-0.2, 0) is 4.79 Å². The Morgan fingerprint density at radius 1 is 1.35 bits per heavy atom. The SMILES string of the molecule is O=C(CNC1CC1)Nc1cc2c(cc1[N+](=O)[O-])OCO2. The summed E-state index contributed by atoms with van der Waals surface area (Å²) in [7, 11) is 0. The van der Waals surface area contributed by atoms with Gasteiger partial charge < -0.3 is 20.1 Å². The fourth-order valence-electron chi connectivity index (χ4n) is 1.90. The molecule has 2 N–H and O–H groups in total. The number of hydrogen-bond acceptors (Lipinski definition) is 6. The monoisotopic (exact) mass is 279 g/mol. The van der Waals surface area contributed by atoms with Gasteiger partial charge in [0.25, 0.3) is 5.69 Å². The molecular formula is C12H13N3O5. The summed E-state index contributed by atoms with van der Waals surface area (Å²) in [5, 5.41) is 16.6. The minimum Gasteiger partial charge on any atom is -0.454 e. The third kappa shape index (κ3) is 2.64. The molecule has 20 heavy (non-hydrogen) atoms. The highest BCUT2D eigenvalue weighted by atomic mass is 16.7. The Balaban J connectivity index is 1.76. The molecule has 0 bridgehead atoms. The zero-order chi connectivity index (χ0) is 14.1. The number of fused-ring (bicyclic) bond motifs is 1. The van der Waals surface area contributed by atoms with E-state index in [9.17, 15) is 14.9 Å². The standard InChI is InChI=1S/C12H13N3O5/c16-12(5-13-7-1-2-7)14-8-3-10-11(20-6-19-10)4-9(8)15(17)18/h3-4,7,13H,1-2,5-6H2,(H,14,16). The Morgan fingerprint density at radius 2 is 2.05 bits per heavy atom. The van der Waals surface area contributed by atoms with E-state index in [2.05, 4.69) is 10.6 Å². The van der Waals surface area contributed by atoms with Crippen molar-refractivity contribution < 1.29 is 19.2 Å². The largest absolute Gasteiger partial charge is 0.454 e. The number of carbonyl (C=O) groups excluding carboxylic acids is 1. The van der Waals surface area contributed by atoms with Crippen molar-refractivity contribution in [2.24, 2.45) is 0 Å². The van der Waals surface area contributed by atoms with Crippen molar-refractivity contribution in [2.75, 3.05) is 18.7 Å². The van der Waals surface area contributed by atoms with Crippen molar-refractivity contribution in [3.63, 3.8) is 0 Å². The Morgan fingerprint density at radius 3 is 2.70 bits per heavy atom. The zero-order valence-electron chi connectivity index (χ0n) is 10.5. The average Bonchev–Trinajstić information content (AvgIpc) is 3.13. The first-order valence-corrected chi connectivity index (χ1v) is 6.25. The van der Waals surface area contributed by atoms with Crippen LogP contribution < -0.4 is 20.1 Å². The Kier molecular flexibility index (Phi) is 3.15. The van der Waals surface area contributed by atoms with Crippen molar-refractivity contribution in [2.45, 2.75) is 18.9 Å². The van der Waals surface area contributed by atoms with E-state index in [-0.39, 0.29) is 30.6 Å². The number of carbonyl (C=O) groups is 1. The third-order valence-corrected chi connectivity index (χ3v) is 3.09. The lowest BCUT2D eigenvalue weighted by Gasteiger charge is -2.07. The molecule has 0 aromatic heterocycles. The second-order valence-corrected chi connectivity index (χ2v) is 4.68. The molecule has 1 amide bonds. The molecule has 1 saturated carbocycles. The zero-order valence-corrected chi connectivity index (χ0v) is 10.5. The third-order valence-electron chi connectivity index (χ3n) is 3.09. The second-order valence-electron chi connectivity index (χ2n) is 4.68. The van der Waals surface area contributed by atoms with E-state index in [0.29, 0.717) is 17.5 Å². The molecular weight excluding hydrogens is 266 g/mol.